The van der Waals surface area contributed by atoms with Crippen molar-refractivity contribution in [3.05, 3.63) is 59.4 Å². The van der Waals surface area contributed by atoms with Crippen molar-refractivity contribution < 1.29 is 9.53 Å². The molecule has 6 rings (SSSR count). The third-order valence-electron chi connectivity index (χ3n) is 11.4. The molecule has 0 saturated heterocycles. The lowest BCUT2D eigenvalue weighted by Crippen LogP contribution is -2.50. The van der Waals surface area contributed by atoms with Crippen LogP contribution in [0.15, 0.2) is 48.2 Å². The molecule has 1 heterocycles. The molecule has 4 aliphatic rings. The van der Waals surface area contributed by atoms with Crippen molar-refractivity contribution in [3.63, 3.8) is 0 Å². The molecule has 3 saturated carbocycles. The minimum Gasteiger partial charge on any atom is -0.461 e. The number of benzene rings is 1. The molecule has 0 aliphatic heterocycles. The number of hydrogen-bond acceptors (Lipinski definition) is 5. The highest BCUT2D eigenvalue weighted by Gasteiger charge is 2.59. The lowest BCUT2D eigenvalue weighted by molar-refractivity contribution is -0.154. The topological polar surface area (TPSA) is 83.0 Å². The molecule has 4 aliphatic carbocycles. The van der Waals surface area contributed by atoms with Crippen molar-refractivity contribution >= 4 is 5.97 Å². The number of fused-ring (bicyclic) bond motifs is 5. The molecule has 0 spiro atoms. The largest absolute Gasteiger partial charge is 0.461 e. The smallest absolute Gasteiger partial charge is 0.323 e. The molecule has 3 fully saturated rings. The van der Waals surface area contributed by atoms with Crippen LogP contribution in [0.2, 0.25) is 0 Å². The summed E-state index contributed by atoms with van der Waals surface area (Å²) in [5.74, 6) is 2.54. The van der Waals surface area contributed by atoms with Crippen LogP contribution in [0.3, 0.4) is 0 Å². The van der Waals surface area contributed by atoms with Gasteiger partial charge in [0, 0.05) is 18.5 Å². The lowest BCUT2D eigenvalue weighted by Gasteiger charge is -2.58. The van der Waals surface area contributed by atoms with E-state index in [2.05, 4.69) is 61.7 Å². The van der Waals surface area contributed by atoms with Gasteiger partial charge in [-0.05, 0) is 85.0 Å². The molecule has 3 unspecified atom stereocenters. The fourth-order valence-electron chi connectivity index (χ4n) is 9.05. The average Bonchev–Trinajstić information content (AvgIpc) is 3.52. The summed E-state index contributed by atoms with van der Waals surface area (Å²) in [4.78, 5) is 12.5. The predicted molar refractivity (Wildman–Crippen MR) is 153 cm³/mol. The maximum atomic E-state index is 12.5. The van der Waals surface area contributed by atoms with E-state index in [1.54, 1.807) is 0 Å². The van der Waals surface area contributed by atoms with Crippen LogP contribution in [-0.4, -0.2) is 33.1 Å². The van der Waals surface area contributed by atoms with Crippen molar-refractivity contribution in [3.8, 4) is 0 Å². The van der Waals surface area contributed by atoms with Gasteiger partial charge in [0.2, 0.25) is 0 Å². The van der Waals surface area contributed by atoms with E-state index in [1.165, 1.54) is 42.5 Å². The molecule has 0 amide bonds. The van der Waals surface area contributed by atoms with E-state index in [1.807, 2.05) is 18.5 Å². The summed E-state index contributed by atoms with van der Waals surface area (Å²) in [6.07, 6.45) is 13.9. The molecular weight excluding hydrogens is 484 g/mol. The van der Waals surface area contributed by atoms with Crippen LogP contribution in [0.5, 0.6) is 0 Å². The van der Waals surface area contributed by atoms with Gasteiger partial charge in [-0.1, -0.05) is 74.9 Å². The summed E-state index contributed by atoms with van der Waals surface area (Å²) in [7, 11) is 0. The van der Waals surface area contributed by atoms with Gasteiger partial charge < -0.3 is 10.5 Å². The number of nitrogens with zero attached hydrogens (tertiary/aromatic N) is 3. The van der Waals surface area contributed by atoms with Gasteiger partial charge in [-0.25, -0.2) is 4.68 Å². The maximum absolute atomic E-state index is 12.5. The van der Waals surface area contributed by atoms with Crippen molar-refractivity contribution in [1.82, 2.24) is 15.0 Å². The molecule has 6 heteroatoms. The lowest BCUT2D eigenvalue weighted by atomic mass is 9.47. The van der Waals surface area contributed by atoms with Crippen molar-refractivity contribution in [2.75, 3.05) is 0 Å². The average molecular weight is 531 g/mol. The first-order valence-corrected chi connectivity index (χ1v) is 15.3. The zero-order chi connectivity index (χ0) is 27.4. The molecule has 0 bridgehead atoms. The molecular formula is C33H46N4O2. The van der Waals surface area contributed by atoms with Crippen molar-refractivity contribution in [1.29, 1.82) is 0 Å². The summed E-state index contributed by atoms with van der Waals surface area (Å²) in [5.41, 5.74) is 10.6. The van der Waals surface area contributed by atoms with Gasteiger partial charge in [0.15, 0.2) is 0 Å². The zero-order valence-corrected chi connectivity index (χ0v) is 24.2. The second-order valence-corrected chi connectivity index (χ2v) is 13.8. The van der Waals surface area contributed by atoms with E-state index in [0.29, 0.717) is 5.92 Å². The van der Waals surface area contributed by atoms with Crippen LogP contribution in [0, 0.1) is 34.5 Å². The standard InChI is InChI=1S/C33H46N4O2/c1-21(2)30(34)31(38)39-24-14-16-32(3)23(18-24)10-11-25-26-12-13-28(33(26,4)17-15-27(25)32)29-20-37(36-35-29)19-22-8-6-5-7-9-22/h5-10,20-21,24-28,30H,11-19,34H2,1-4H3/t24-,25?,26?,27?,28+,30-,32-,33-/m0/s1. The fourth-order valence-corrected chi connectivity index (χ4v) is 9.05. The molecule has 1 aromatic carbocycles. The van der Waals surface area contributed by atoms with Crippen molar-refractivity contribution in [2.24, 2.45) is 40.2 Å². The first-order valence-electron chi connectivity index (χ1n) is 15.3. The highest BCUT2D eigenvalue weighted by Crippen LogP contribution is 2.67. The van der Waals surface area contributed by atoms with Gasteiger partial charge in [0.25, 0.3) is 0 Å². The number of nitrogens with two attached hydrogens (primary N) is 1. The number of esters is 1. The second kappa shape index (κ2) is 10.2. The monoisotopic (exact) mass is 530 g/mol. The van der Waals surface area contributed by atoms with Gasteiger partial charge in [0.05, 0.1) is 12.2 Å². The first-order chi connectivity index (χ1) is 18.7. The van der Waals surface area contributed by atoms with Gasteiger partial charge in [-0.2, -0.15) is 0 Å². The predicted octanol–water partition coefficient (Wildman–Crippen LogP) is 6.27. The molecule has 2 aromatic rings. The molecule has 39 heavy (non-hydrogen) atoms. The van der Waals surface area contributed by atoms with E-state index in [9.17, 15) is 4.79 Å². The Morgan fingerprint density at radius 2 is 1.90 bits per heavy atom. The third kappa shape index (κ3) is 4.67. The Morgan fingerprint density at radius 3 is 2.67 bits per heavy atom. The highest BCUT2D eigenvalue weighted by atomic mass is 16.5. The van der Waals surface area contributed by atoms with Gasteiger partial charge in [-0.15, -0.1) is 5.10 Å². The fraction of sp³-hybridized carbons (Fsp3) is 0.667. The Kier molecular flexibility index (Phi) is 6.97. The zero-order valence-electron chi connectivity index (χ0n) is 24.2. The SMILES string of the molecule is CC(C)[C@H](N)C(=O)O[C@H]1CC[C@@]2(C)C(=CCC3C2CC[C@@]2(C)C3CC[C@@H]2c2cn(Cc3ccccc3)nn2)C1. The second-order valence-electron chi connectivity index (χ2n) is 13.8. The normalized spacial score (nSPS) is 36.5. The Bertz CT molecular complexity index is 1220. The van der Waals surface area contributed by atoms with E-state index in [0.717, 1.165) is 50.0 Å². The highest BCUT2D eigenvalue weighted by molar-refractivity contribution is 5.76. The molecule has 0 radical (unpaired) electrons. The minimum absolute atomic E-state index is 0.0265. The van der Waals surface area contributed by atoms with Crippen LogP contribution >= 0.6 is 0 Å². The first kappa shape index (κ1) is 26.7. The van der Waals surface area contributed by atoms with E-state index < -0.39 is 6.04 Å². The van der Waals surface area contributed by atoms with E-state index in [-0.39, 0.29) is 28.8 Å². The van der Waals surface area contributed by atoms with Crippen LogP contribution in [0.4, 0.5) is 0 Å². The molecule has 210 valence electrons. The van der Waals surface area contributed by atoms with Gasteiger partial charge >= 0.3 is 5.97 Å². The van der Waals surface area contributed by atoms with E-state index in [4.69, 9.17) is 15.6 Å². The Labute approximate surface area is 233 Å². The summed E-state index contributed by atoms with van der Waals surface area (Å²) in [6.45, 7) is 9.79. The summed E-state index contributed by atoms with van der Waals surface area (Å²) >= 11 is 0. The molecule has 1 aromatic heterocycles. The van der Waals surface area contributed by atoms with Gasteiger partial charge in [-0.3, -0.25) is 4.79 Å². The summed E-state index contributed by atoms with van der Waals surface area (Å²) in [5, 5.41) is 9.25. The number of aromatic nitrogens is 3. The third-order valence-corrected chi connectivity index (χ3v) is 11.4. The van der Waals surface area contributed by atoms with Gasteiger partial charge in [0.1, 0.15) is 12.1 Å². The molecule has 6 nitrogen and oxygen atoms in total. The van der Waals surface area contributed by atoms with Crippen LogP contribution < -0.4 is 5.73 Å². The van der Waals surface area contributed by atoms with Crippen molar-refractivity contribution in [2.45, 2.75) is 104 Å². The van der Waals surface area contributed by atoms with Crippen LogP contribution in [0.1, 0.15) is 96.2 Å². The van der Waals surface area contributed by atoms with Crippen LogP contribution in [-0.2, 0) is 16.1 Å². The molecule has 8 atom stereocenters. The summed E-state index contributed by atoms with van der Waals surface area (Å²) < 4.78 is 7.93. The number of hydrogen-bond donors (Lipinski definition) is 1. The minimum atomic E-state index is -0.533. The number of carbonyl (C=O) groups is 1. The molecule has 2 N–H and O–H groups in total. The number of rotatable bonds is 6. The van der Waals surface area contributed by atoms with E-state index >= 15 is 0 Å². The number of ether oxygens (including phenoxy) is 1. The Hall–Kier alpha value is -2.47. The maximum Gasteiger partial charge on any atom is 0.323 e. The Balaban J connectivity index is 1.16. The quantitative estimate of drug-likeness (QED) is 0.352. The number of allylic oxidation sites excluding steroid dienone is 1. The van der Waals surface area contributed by atoms with Crippen LogP contribution in [0.25, 0.3) is 0 Å². The Morgan fingerprint density at radius 1 is 1.10 bits per heavy atom. The number of carbonyl (C=O) groups excluding carboxylic acids is 1. The summed E-state index contributed by atoms with van der Waals surface area (Å²) in [6, 6.07) is 9.99.